The van der Waals surface area contributed by atoms with Crippen molar-refractivity contribution in [3.63, 3.8) is 0 Å². The lowest BCUT2D eigenvalue weighted by Gasteiger charge is -2.14. The van der Waals surface area contributed by atoms with Gasteiger partial charge in [-0.15, -0.1) is 0 Å². The van der Waals surface area contributed by atoms with Gasteiger partial charge in [0.25, 0.3) is 0 Å². The summed E-state index contributed by atoms with van der Waals surface area (Å²) in [6, 6.07) is 23.2. The molecule has 0 aliphatic carbocycles. The highest BCUT2D eigenvalue weighted by Gasteiger charge is 2.18. The molecule has 4 rings (SSSR count). The first-order valence-electron chi connectivity index (χ1n) is 10.6. The summed E-state index contributed by atoms with van der Waals surface area (Å²) in [7, 11) is 3.16. The number of nitrogens with one attached hydrogen (secondary N) is 2. The topological polar surface area (TPSA) is 96.3 Å². The standard InChI is InChI=1S/C27H21FN4O3/c1-34-21-11-3-17(4-12-21)23-15-25(18-5-13-22(35-2)14-6-18)31-26(24(23)16-29)32-27(33)30-20-9-7-19(28)8-10-20/h3-15H,1-2H3,(H2,30,31,32,33). The number of halogens is 1. The van der Waals surface area contributed by atoms with Crippen LogP contribution in [0.1, 0.15) is 5.56 Å². The fourth-order valence-electron chi connectivity index (χ4n) is 3.46. The van der Waals surface area contributed by atoms with Crippen molar-refractivity contribution in [2.75, 3.05) is 24.9 Å². The molecule has 0 radical (unpaired) electrons. The van der Waals surface area contributed by atoms with Crippen LogP contribution in [0.15, 0.2) is 78.9 Å². The summed E-state index contributed by atoms with van der Waals surface area (Å²) in [6.45, 7) is 0. The second kappa shape index (κ2) is 10.4. The molecule has 2 amide bonds. The number of anilines is 2. The van der Waals surface area contributed by atoms with Crippen molar-refractivity contribution in [3.8, 4) is 40.0 Å². The lowest BCUT2D eigenvalue weighted by molar-refractivity contribution is 0.262. The molecule has 0 saturated carbocycles. The monoisotopic (exact) mass is 468 g/mol. The van der Waals surface area contributed by atoms with E-state index in [0.29, 0.717) is 28.4 Å². The minimum atomic E-state index is -0.617. The number of hydrogen-bond acceptors (Lipinski definition) is 5. The van der Waals surface area contributed by atoms with E-state index in [1.807, 2.05) is 24.3 Å². The quantitative estimate of drug-likeness (QED) is 0.357. The van der Waals surface area contributed by atoms with Gasteiger partial charge < -0.3 is 14.8 Å². The molecule has 0 aliphatic rings. The summed E-state index contributed by atoms with van der Waals surface area (Å²) in [5, 5.41) is 15.3. The Bertz CT molecular complexity index is 1380. The number of urea groups is 1. The first-order chi connectivity index (χ1) is 17.0. The van der Waals surface area contributed by atoms with Gasteiger partial charge >= 0.3 is 6.03 Å². The molecule has 3 aromatic carbocycles. The van der Waals surface area contributed by atoms with Crippen LogP contribution in [0.4, 0.5) is 20.7 Å². The van der Waals surface area contributed by atoms with E-state index in [-0.39, 0.29) is 11.4 Å². The van der Waals surface area contributed by atoms with Gasteiger partial charge in [0.15, 0.2) is 5.82 Å². The predicted octanol–water partition coefficient (Wildman–Crippen LogP) is 6.09. The smallest absolute Gasteiger partial charge is 0.324 e. The number of nitriles is 1. The Hall–Kier alpha value is -4.90. The lowest BCUT2D eigenvalue weighted by atomic mass is 9.98. The summed E-state index contributed by atoms with van der Waals surface area (Å²) in [5.41, 5.74) is 3.25. The van der Waals surface area contributed by atoms with Gasteiger partial charge in [0, 0.05) is 16.8 Å². The molecule has 0 atom stereocenters. The van der Waals surface area contributed by atoms with Crippen LogP contribution in [0.2, 0.25) is 0 Å². The first kappa shape index (κ1) is 23.3. The number of nitrogens with zero attached hydrogens (tertiary/aromatic N) is 2. The molecule has 7 nitrogen and oxygen atoms in total. The number of hydrogen-bond donors (Lipinski definition) is 2. The Morgan fingerprint density at radius 3 is 1.97 bits per heavy atom. The van der Waals surface area contributed by atoms with Gasteiger partial charge in [-0.3, -0.25) is 5.32 Å². The van der Waals surface area contributed by atoms with Crippen LogP contribution in [-0.2, 0) is 0 Å². The van der Waals surface area contributed by atoms with E-state index in [1.54, 1.807) is 44.6 Å². The first-order valence-corrected chi connectivity index (χ1v) is 10.6. The summed E-state index contributed by atoms with van der Waals surface area (Å²) in [6.07, 6.45) is 0. The number of rotatable bonds is 6. The third kappa shape index (κ3) is 5.37. The Morgan fingerprint density at radius 1 is 0.857 bits per heavy atom. The third-order valence-electron chi connectivity index (χ3n) is 5.25. The van der Waals surface area contributed by atoms with Crippen molar-refractivity contribution in [2.45, 2.75) is 0 Å². The average molecular weight is 468 g/mol. The molecule has 174 valence electrons. The maximum absolute atomic E-state index is 13.2. The van der Waals surface area contributed by atoms with Crippen LogP contribution in [0, 0.1) is 17.1 Å². The molecular formula is C27H21FN4O3. The van der Waals surface area contributed by atoms with Gasteiger partial charge in [-0.1, -0.05) is 12.1 Å². The van der Waals surface area contributed by atoms with Crippen molar-refractivity contribution in [2.24, 2.45) is 0 Å². The van der Waals surface area contributed by atoms with Crippen LogP contribution < -0.4 is 20.1 Å². The molecule has 0 spiro atoms. The number of pyridine rings is 1. The fraction of sp³-hybridized carbons (Fsp3) is 0.0741. The highest BCUT2D eigenvalue weighted by molar-refractivity contribution is 6.01. The molecule has 4 aromatic rings. The molecule has 0 fully saturated rings. The van der Waals surface area contributed by atoms with E-state index >= 15 is 0 Å². The zero-order valence-electron chi connectivity index (χ0n) is 19.0. The fourth-order valence-corrected chi connectivity index (χ4v) is 3.46. The molecule has 0 aliphatic heterocycles. The molecule has 0 bridgehead atoms. The maximum atomic E-state index is 13.2. The highest BCUT2D eigenvalue weighted by Crippen LogP contribution is 2.33. The number of methoxy groups -OCH3 is 2. The van der Waals surface area contributed by atoms with Gasteiger partial charge in [-0.2, -0.15) is 5.26 Å². The molecule has 0 unspecified atom stereocenters. The normalized spacial score (nSPS) is 10.2. The van der Waals surface area contributed by atoms with Crippen molar-refractivity contribution >= 4 is 17.5 Å². The molecule has 35 heavy (non-hydrogen) atoms. The van der Waals surface area contributed by atoms with E-state index in [9.17, 15) is 14.4 Å². The van der Waals surface area contributed by atoms with Gasteiger partial charge in [0.1, 0.15) is 28.9 Å². The van der Waals surface area contributed by atoms with Crippen molar-refractivity contribution in [1.29, 1.82) is 5.26 Å². The van der Waals surface area contributed by atoms with E-state index < -0.39 is 11.8 Å². The number of amides is 2. The largest absolute Gasteiger partial charge is 0.497 e. The Balaban J connectivity index is 1.77. The molecule has 1 heterocycles. The SMILES string of the molecule is COc1ccc(-c2cc(-c3ccc(OC)cc3)c(C#N)c(NC(=O)Nc3ccc(F)cc3)n2)cc1. The van der Waals surface area contributed by atoms with Crippen LogP contribution in [0.5, 0.6) is 11.5 Å². The Kier molecular flexibility index (Phi) is 6.88. The van der Waals surface area contributed by atoms with Crippen molar-refractivity contribution < 1.29 is 18.7 Å². The zero-order chi connectivity index (χ0) is 24.8. The zero-order valence-corrected chi connectivity index (χ0v) is 19.0. The number of benzene rings is 3. The summed E-state index contributed by atoms with van der Waals surface area (Å²) >= 11 is 0. The summed E-state index contributed by atoms with van der Waals surface area (Å²) in [4.78, 5) is 17.3. The average Bonchev–Trinajstić information content (AvgIpc) is 2.89. The van der Waals surface area contributed by atoms with Gasteiger partial charge in [-0.25, -0.2) is 14.2 Å². The minimum absolute atomic E-state index is 0.0891. The second-order valence-corrected chi connectivity index (χ2v) is 7.43. The van der Waals surface area contributed by atoms with Crippen molar-refractivity contribution in [1.82, 2.24) is 4.98 Å². The highest BCUT2D eigenvalue weighted by atomic mass is 19.1. The van der Waals surface area contributed by atoms with Crippen LogP contribution >= 0.6 is 0 Å². The van der Waals surface area contributed by atoms with Gasteiger partial charge in [-0.05, 0) is 72.3 Å². The van der Waals surface area contributed by atoms with Gasteiger partial charge in [0.2, 0.25) is 0 Å². The van der Waals surface area contributed by atoms with E-state index in [0.717, 1.165) is 11.1 Å². The molecule has 8 heteroatoms. The maximum Gasteiger partial charge on any atom is 0.324 e. The van der Waals surface area contributed by atoms with E-state index in [4.69, 9.17) is 9.47 Å². The minimum Gasteiger partial charge on any atom is -0.497 e. The summed E-state index contributed by atoms with van der Waals surface area (Å²) < 4.78 is 23.7. The molecule has 1 aromatic heterocycles. The van der Waals surface area contributed by atoms with Crippen LogP contribution in [0.3, 0.4) is 0 Å². The molecule has 0 saturated heterocycles. The number of carbonyl (C=O) groups excluding carboxylic acids is 1. The summed E-state index contributed by atoms with van der Waals surface area (Å²) in [5.74, 6) is 1.04. The van der Waals surface area contributed by atoms with Crippen LogP contribution in [0.25, 0.3) is 22.4 Å². The molecular weight excluding hydrogens is 447 g/mol. The predicted molar refractivity (Wildman–Crippen MR) is 132 cm³/mol. The Morgan fingerprint density at radius 2 is 1.43 bits per heavy atom. The van der Waals surface area contributed by atoms with E-state index in [1.165, 1.54) is 24.3 Å². The Labute approximate surface area is 201 Å². The number of carbonyl (C=O) groups is 1. The van der Waals surface area contributed by atoms with Crippen molar-refractivity contribution in [3.05, 3.63) is 90.2 Å². The second-order valence-electron chi connectivity index (χ2n) is 7.43. The molecule has 2 N–H and O–H groups in total. The lowest BCUT2D eigenvalue weighted by Crippen LogP contribution is -2.21. The third-order valence-corrected chi connectivity index (χ3v) is 5.25. The van der Waals surface area contributed by atoms with E-state index in [2.05, 4.69) is 21.7 Å². The number of aromatic nitrogens is 1. The van der Waals surface area contributed by atoms with Gasteiger partial charge in [0.05, 0.1) is 19.9 Å². The number of ether oxygens (including phenoxy) is 2. The van der Waals surface area contributed by atoms with Crippen LogP contribution in [-0.4, -0.2) is 25.2 Å².